The second-order valence-corrected chi connectivity index (χ2v) is 9.17. The van der Waals surface area contributed by atoms with Crippen molar-refractivity contribution in [1.82, 2.24) is 9.55 Å². The summed E-state index contributed by atoms with van der Waals surface area (Å²) in [6, 6.07) is 8.22. The van der Waals surface area contributed by atoms with Gasteiger partial charge in [0.1, 0.15) is 16.1 Å². The van der Waals surface area contributed by atoms with Crippen LogP contribution in [0.25, 0.3) is 21.9 Å². The van der Waals surface area contributed by atoms with Crippen molar-refractivity contribution in [3.05, 3.63) is 56.6 Å². The van der Waals surface area contributed by atoms with E-state index in [0.29, 0.717) is 5.49 Å². The van der Waals surface area contributed by atoms with E-state index in [0.717, 1.165) is 39.0 Å². The average molecular weight is 414 g/mol. The van der Waals surface area contributed by atoms with E-state index in [9.17, 15) is 0 Å². The molecule has 1 N–H and O–H groups in total. The fraction of sp³-hybridized carbons (Fsp3) is 0.300. The Labute approximate surface area is 159 Å². The van der Waals surface area contributed by atoms with Crippen molar-refractivity contribution in [2.75, 3.05) is 0 Å². The monoisotopic (exact) mass is 413 g/mol. The van der Waals surface area contributed by atoms with Crippen LogP contribution in [0, 0.1) is 5.41 Å². The molecule has 0 saturated carbocycles. The summed E-state index contributed by atoms with van der Waals surface area (Å²) >= 11 is 5.27. The largest absolute Gasteiger partial charge is 0.310 e. The maximum atomic E-state index is 8.76. The number of halogens is 1. The van der Waals surface area contributed by atoms with Gasteiger partial charge in [0, 0.05) is 11.0 Å². The molecule has 1 aliphatic heterocycles. The number of nitrogens with zero attached hydrogens (tertiary/aromatic N) is 2. The van der Waals surface area contributed by atoms with Gasteiger partial charge in [0.2, 0.25) is 0 Å². The van der Waals surface area contributed by atoms with Gasteiger partial charge in [-0.2, -0.15) is 0 Å². The first kappa shape index (κ1) is 16.7. The molecule has 0 amide bonds. The molecule has 3 heterocycles. The zero-order valence-corrected chi connectivity index (χ0v) is 17.0. The van der Waals surface area contributed by atoms with Gasteiger partial charge in [0.25, 0.3) is 0 Å². The van der Waals surface area contributed by atoms with Crippen LogP contribution in [-0.2, 0) is 12.0 Å². The molecule has 4 rings (SSSR count). The lowest BCUT2D eigenvalue weighted by atomic mass is 9.87. The van der Waals surface area contributed by atoms with Crippen molar-refractivity contribution in [3.8, 4) is 0 Å². The summed E-state index contributed by atoms with van der Waals surface area (Å²) in [5, 5.41) is 11.9. The van der Waals surface area contributed by atoms with Crippen LogP contribution in [-0.4, -0.2) is 9.55 Å². The van der Waals surface area contributed by atoms with Crippen LogP contribution >= 0.6 is 27.3 Å². The number of nitrogens with one attached hydrogen (secondary N) is 1. The normalized spacial score (nSPS) is 15.9. The van der Waals surface area contributed by atoms with E-state index in [1.165, 1.54) is 11.1 Å². The van der Waals surface area contributed by atoms with E-state index in [1.54, 1.807) is 11.3 Å². The van der Waals surface area contributed by atoms with Gasteiger partial charge >= 0.3 is 0 Å². The average Bonchev–Trinajstić information content (AvgIpc) is 3.15. The van der Waals surface area contributed by atoms with E-state index in [4.69, 9.17) is 10.4 Å². The number of hydrogen-bond acceptors (Lipinski definition) is 3. The van der Waals surface area contributed by atoms with Gasteiger partial charge in [0.05, 0.1) is 5.39 Å². The lowest BCUT2D eigenvalue weighted by molar-refractivity contribution is 0.595. The molecule has 3 aromatic rings. The topological polar surface area (TPSA) is 41.7 Å². The summed E-state index contributed by atoms with van der Waals surface area (Å²) in [5.41, 5.74) is 4.20. The molecule has 128 valence electrons. The van der Waals surface area contributed by atoms with E-state index in [-0.39, 0.29) is 5.41 Å². The van der Waals surface area contributed by atoms with Gasteiger partial charge in [-0.05, 0) is 46.1 Å². The van der Waals surface area contributed by atoms with E-state index < -0.39 is 0 Å². The first-order valence-electron chi connectivity index (χ1n) is 8.39. The highest BCUT2D eigenvalue weighted by Crippen LogP contribution is 2.35. The SMILES string of the molecule is CC(C)(C)c1csc2nc3n(c(=N)c12)CC/C3=C\c1ccccc1Br. The number of rotatable bonds is 1. The summed E-state index contributed by atoms with van der Waals surface area (Å²) in [4.78, 5) is 5.91. The third-order valence-electron chi connectivity index (χ3n) is 4.68. The van der Waals surface area contributed by atoms with Crippen molar-refractivity contribution in [1.29, 1.82) is 5.41 Å². The Bertz CT molecular complexity index is 1070. The first-order chi connectivity index (χ1) is 11.9. The number of benzene rings is 1. The Morgan fingerprint density at radius 3 is 2.76 bits per heavy atom. The van der Waals surface area contributed by atoms with E-state index in [2.05, 4.69) is 64.9 Å². The predicted octanol–water partition coefficient (Wildman–Crippen LogP) is 5.58. The molecule has 0 atom stereocenters. The Kier molecular flexibility index (Phi) is 3.96. The molecule has 0 bridgehead atoms. The number of hydrogen-bond donors (Lipinski definition) is 1. The molecule has 0 fully saturated rings. The molecular weight excluding hydrogens is 394 g/mol. The Hall–Kier alpha value is -1.72. The summed E-state index contributed by atoms with van der Waals surface area (Å²) in [6.45, 7) is 7.42. The molecule has 0 saturated heterocycles. The summed E-state index contributed by atoms with van der Waals surface area (Å²) < 4.78 is 3.15. The second-order valence-electron chi connectivity index (χ2n) is 7.46. The summed E-state index contributed by atoms with van der Waals surface area (Å²) in [6.07, 6.45) is 3.11. The van der Waals surface area contributed by atoms with Gasteiger partial charge in [-0.15, -0.1) is 11.3 Å². The summed E-state index contributed by atoms with van der Waals surface area (Å²) in [5.74, 6) is 0.940. The molecule has 0 unspecified atom stereocenters. The molecule has 0 spiro atoms. The minimum atomic E-state index is 0.0245. The number of fused-ring (bicyclic) bond motifs is 2. The zero-order valence-electron chi connectivity index (χ0n) is 14.6. The highest BCUT2D eigenvalue weighted by molar-refractivity contribution is 9.10. The fourth-order valence-electron chi connectivity index (χ4n) is 3.33. The Balaban J connectivity index is 1.92. The second kappa shape index (κ2) is 5.92. The minimum absolute atomic E-state index is 0.0245. The highest BCUT2D eigenvalue weighted by Gasteiger charge is 2.25. The molecule has 5 heteroatoms. The molecule has 0 aliphatic carbocycles. The van der Waals surface area contributed by atoms with Gasteiger partial charge in [-0.1, -0.05) is 54.9 Å². The van der Waals surface area contributed by atoms with Gasteiger partial charge in [0.15, 0.2) is 0 Å². The van der Waals surface area contributed by atoms with Gasteiger partial charge in [-0.3, -0.25) is 5.41 Å². The van der Waals surface area contributed by atoms with Crippen LogP contribution in [0.3, 0.4) is 0 Å². The fourth-order valence-corrected chi connectivity index (χ4v) is 4.90. The minimum Gasteiger partial charge on any atom is -0.310 e. The maximum absolute atomic E-state index is 8.76. The van der Waals surface area contributed by atoms with Crippen LogP contribution in [0.2, 0.25) is 0 Å². The lowest BCUT2D eigenvalue weighted by Crippen LogP contribution is -2.23. The molecule has 0 radical (unpaired) electrons. The van der Waals surface area contributed by atoms with Crippen molar-refractivity contribution in [2.24, 2.45) is 0 Å². The lowest BCUT2D eigenvalue weighted by Gasteiger charge is -2.18. The molecule has 3 nitrogen and oxygen atoms in total. The van der Waals surface area contributed by atoms with Crippen molar-refractivity contribution >= 4 is 49.1 Å². The molecule has 2 aromatic heterocycles. The number of allylic oxidation sites excluding steroid dienone is 1. The summed E-state index contributed by atoms with van der Waals surface area (Å²) in [7, 11) is 0. The molecule has 25 heavy (non-hydrogen) atoms. The molecular formula is C20H20BrN3S. The van der Waals surface area contributed by atoms with Crippen LogP contribution in [0.15, 0.2) is 34.1 Å². The van der Waals surface area contributed by atoms with Gasteiger partial charge in [-0.25, -0.2) is 4.98 Å². The Morgan fingerprint density at radius 1 is 1.28 bits per heavy atom. The Morgan fingerprint density at radius 2 is 2.04 bits per heavy atom. The zero-order chi connectivity index (χ0) is 17.8. The van der Waals surface area contributed by atoms with Crippen LogP contribution in [0.1, 0.15) is 44.1 Å². The number of aromatic nitrogens is 2. The van der Waals surface area contributed by atoms with E-state index in [1.807, 2.05) is 12.1 Å². The highest BCUT2D eigenvalue weighted by atomic mass is 79.9. The quantitative estimate of drug-likeness (QED) is 0.555. The van der Waals surface area contributed by atoms with Crippen molar-refractivity contribution in [3.63, 3.8) is 0 Å². The number of thiophene rings is 1. The van der Waals surface area contributed by atoms with Crippen LogP contribution in [0.4, 0.5) is 0 Å². The third-order valence-corrected chi connectivity index (χ3v) is 6.27. The molecule has 1 aliphatic rings. The smallest absolute Gasteiger partial charge is 0.139 e. The standard InChI is InChI=1S/C20H20BrN3S/c1-20(2,3)14-11-25-19-16(14)17(22)24-9-8-13(18(24)23-19)10-12-6-4-5-7-15(12)21/h4-7,10-11,22H,8-9H2,1-3H3/b13-10+,22-17?. The molecule has 1 aromatic carbocycles. The van der Waals surface area contributed by atoms with Gasteiger partial charge < -0.3 is 4.57 Å². The van der Waals surface area contributed by atoms with E-state index >= 15 is 0 Å². The van der Waals surface area contributed by atoms with Crippen LogP contribution in [0.5, 0.6) is 0 Å². The van der Waals surface area contributed by atoms with Crippen LogP contribution < -0.4 is 5.49 Å². The first-order valence-corrected chi connectivity index (χ1v) is 10.1. The van der Waals surface area contributed by atoms with Crippen molar-refractivity contribution < 1.29 is 0 Å². The third kappa shape index (κ3) is 2.79. The van der Waals surface area contributed by atoms with Crippen molar-refractivity contribution in [2.45, 2.75) is 39.2 Å². The maximum Gasteiger partial charge on any atom is 0.139 e. The predicted molar refractivity (Wildman–Crippen MR) is 109 cm³/mol.